The van der Waals surface area contributed by atoms with Crippen LogP contribution in [0.25, 0.3) is 109 Å². The van der Waals surface area contributed by atoms with Crippen molar-refractivity contribution in [2.75, 3.05) is 0 Å². The summed E-state index contributed by atoms with van der Waals surface area (Å²) in [6, 6.07) is 61.2. The summed E-state index contributed by atoms with van der Waals surface area (Å²) < 4.78 is 7.86. The van der Waals surface area contributed by atoms with Crippen LogP contribution < -0.4 is 0 Å². The molecule has 11 rings (SSSR count). The molecule has 252 valence electrons. The van der Waals surface area contributed by atoms with Gasteiger partial charge >= 0.3 is 0 Å². The zero-order valence-electron chi connectivity index (χ0n) is 28.9. The van der Waals surface area contributed by atoms with Gasteiger partial charge < -0.3 is 4.42 Å². The lowest BCUT2D eigenvalue weighted by Gasteiger charge is -2.11. The molecular formula is C49H29N3OS. The summed E-state index contributed by atoms with van der Waals surface area (Å²) in [5.74, 6) is 0.715. The average Bonchev–Trinajstić information content (AvgIpc) is 3.84. The number of nitrogens with zero attached hydrogens (tertiary/aromatic N) is 3. The van der Waals surface area contributed by atoms with E-state index < -0.39 is 0 Å². The van der Waals surface area contributed by atoms with Crippen LogP contribution >= 0.6 is 11.3 Å². The monoisotopic (exact) mass is 707 g/mol. The van der Waals surface area contributed by atoms with Crippen molar-refractivity contribution in [3.05, 3.63) is 176 Å². The standard InChI is InChI=1S/C49H29N3OS/c1-3-14-30(15-4-1)45-48-42(36-19-7-10-23-39(36)50-45)43(38-22-13-21-35-34-18-9-12-25-41(34)53-46(35)38)47(54-48)32-28-26-31(27-29-32)44-37-20-8-11-24-40(37)51-49(52-44)33-16-5-2-6-17-33/h1-29H. The van der Waals surface area contributed by atoms with Gasteiger partial charge in [-0.3, -0.25) is 0 Å². The maximum absolute atomic E-state index is 6.71. The van der Waals surface area contributed by atoms with Crippen LogP contribution in [0.15, 0.2) is 180 Å². The number of rotatable bonds is 5. The molecule has 0 saturated heterocycles. The highest BCUT2D eigenvalue weighted by Crippen LogP contribution is 2.52. The van der Waals surface area contributed by atoms with Crippen LogP contribution in [0.1, 0.15) is 0 Å². The van der Waals surface area contributed by atoms with E-state index in [0.717, 1.165) is 98.1 Å². The van der Waals surface area contributed by atoms with Crippen molar-refractivity contribution in [3.8, 4) is 55.5 Å². The molecule has 0 fully saturated rings. The van der Waals surface area contributed by atoms with Gasteiger partial charge in [-0.2, -0.15) is 0 Å². The Kier molecular flexibility index (Phi) is 7.00. The van der Waals surface area contributed by atoms with Crippen molar-refractivity contribution in [2.24, 2.45) is 0 Å². The number of hydrogen-bond donors (Lipinski definition) is 0. The van der Waals surface area contributed by atoms with E-state index in [4.69, 9.17) is 19.4 Å². The van der Waals surface area contributed by atoms with Gasteiger partial charge in [0.05, 0.1) is 27.1 Å². The van der Waals surface area contributed by atoms with Gasteiger partial charge in [-0.15, -0.1) is 11.3 Å². The van der Waals surface area contributed by atoms with Gasteiger partial charge in [0.2, 0.25) is 0 Å². The van der Waals surface area contributed by atoms with Gasteiger partial charge in [-0.25, -0.2) is 15.0 Å². The van der Waals surface area contributed by atoms with Gasteiger partial charge in [-0.05, 0) is 23.8 Å². The zero-order chi connectivity index (χ0) is 35.6. The molecule has 7 aromatic carbocycles. The summed E-state index contributed by atoms with van der Waals surface area (Å²) >= 11 is 1.80. The molecule has 4 heterocycles. The fraction of sp³-hybridized carbons (Fsp3) is 0. The first-order chi connectivity index (χ1) is 26.8. The van der Waals surface area contributed by atoms with E-state index in [2.05, 4.69) is 146 Å². The van der Waals surface area contributed by atoms with Crippen molar-refractivity contribution < 1.29 is 4.42 Å². The molecule has 0 saturated carbocycles. The topological polar surface area (TPSA) is 51.8 Å². The van der Waals surface area contributed by atoms with E-state index in [9.17, 15) is 0 Å². The number of benzene rings is 7. The molecule has 54 heavy (non-hydrogen) atoms. The third-order valence-electron chi connectivity index (χ3n) is 10.3. The zero-order valence-corrected chi connectivity index (χ0v) is 29.7. The molecular weight excluding hydrogens is 679 g/mol. The van der Waals surface area contributed by atoms with Gasteiger partial charge in [-0.1, -0.05) is 158 Å². The molecule has 0 amide bonds. The highest BCUT2D eigenvalue weighted by atomic mass is 32.1. The first kappa shape index (κ1) is 30.7. The minimum Gasteiger partial charge on any atom is -0.455 e. The smallest absolute Gasteiger partial charge is 0.160 e. The molecule has 0 N–H and O–H groups in total. The third-order valence-corrected chi connectivity index (χ3v) is 11.6. The molecule has 0 radical (unpaired) electrons. The summed E-state index contributed by atoms with van der Waals surface area (Å²) in [5, 5.41) is 5.55. The molecule has 0 bridgehead atoms. The Morgan fingerprint density at radius 3 is 1.78 bits per heavy atom. The Labute approximate surface area is 314 Å². The molecule has 4 aromatic heterocycles. The van der Waals surface area contributed by atoms with Crippen LogP contribution in [0.3, 0.4) is 0 Å². The number of furan rings is 1. The second-order valence-corrected chi connectivity index (χ2v) is 14.5. The van der Waals surface area contributed by atoms with E-state index in [1.54, 1.807) is 11.3 Å². The van der Waals surface area contributed by atoms with Gasteiger partial charge in [0.1, 0.15) is 11.2 Å². The number of thiophene rings is 1. The summed E-state index contributed by atoms with van der Waals surface area (Å²) in [5.41, 5.74) is 12.0. The van der Waals surface area contributed by atoms with Crippen LogP contribution in [-0.4, -0.2) is 15.0 Å². The molecule has 5 heteroatoms. The van der Waals surface area contributed by atoms with Crippen LogP contribution in [0.4, 0.5) is 0 Å². The second kappa shape index (κ2) is 12.3. The Morgan fingerprint density at radius 1 is 0.407 bits per heavy atom. The van der Waals surface area contributed by atoms with Crippen LogP contribution in [0, 0.1) is 0 Å². The summed E-state index contributed by atoms with van der Waals surface area (Å²) in [4.78, 5) is 16.6. The van der Waals surface area contributed by atoms with Crippen molar-refractivity contribution in [1.82, 2.24) is 15.0 Å². The lowest BCUT2D eigenvalue weighted by atomic mass is 9.94. The van der Waals surface area contributed by atoms with Gasteiger partial charge in [0.25, 0.3) is 0 Å². The molecule has 0 aliphatic heterocycles. The minimum absolute atomic E-state index is 0.715. The van der Waals surface area contributed by atoms with Crippen molar-refractivity contribution in [3.63, 3.8) is 0 Å². The third kappa shape index (κ3) is 4.86. The molecule has 11 aromatic rings. The fourth-order valence-corrected chi connectivity index (χ4v) is 9.14. The predicted molar refractivity (Wildman–Crippen MR) is 225 cm³/mol. The minimum atomic E-state index is 0.715. The first-order valence-corrected chi connectivity index (χ1v) is 18.8. The number of pyridine rings is 1. The summed E-state index contributed by atoms with van der Waals surface area (Å²) in [6.07, 6.45) is 0. The Hall–Kier alpha value is -6.95. The number of para-hydroxylation sites is 4. The fourth-order valence-electron chi connectivity index (χ4n) is 7.80. The van der Waals surface area contributed by atoms with Gasteiger partial charge in [0.15, 0.2) is 5.82 Å². The SMILES string of the molecule is c1ccc(-c2nc(-c3ccc(-c4sc5c(-c6ccccc6)nc6ccccc6c5c4-c4cccc5c4oc4ccccc45)cc3)c3ccccc3n2)cc1. The molecule has 0 spiro atoms. The van der Waals surface area contributed by atoms with Gasteiger partial charge in [0, 0.05) is 59.6 Å². The highest BCUT2D eigenvalue weighted by molar-refractivity contribution is 7.23. The van der Waals surface area contributed by atoms with E-state index in [-0.39, 0.29) is 0 Å². The highest BCUT2D eigenvalue weighted by Gasteiger charge is 2.25. The molecule has 0 atom stereocenters. The lowest BCUT2D eigenvalue weighted by molar-refractivity contribution is 0.670. The molecule has 0 aliphatic rings. The maximum atomic E-state index is 6.71. The van der Waals surface area contributed by atoms with Crippen molar-refractivity contribution in [1.29, 1.82) is 0 Å². The number of aromatic nitrogens is 3. The number of hydrogen-bond acceptors (Lipinski definition) is 5. The normalized spacial score (nSPS) is 11.7. The largest absolute Gasteiger partial charge is 0.455 e. The Bertz CT molecular complexity index is 3200. The van der Waals surface area contributed by atoms with Crippen LogP contribution in [-0.2, 0) is 0 Å². The van der Waals surface area contributed by atoms with Crippen molar-refractivity contribution >= 4 is 65.2 Å². The van der Waals surface area contributed by atoms with Crippen LogP contribution in [0.5, 0.6) is 0 Å². The lowest BCUT2D eigenvalue weighted by Crippen LogP contribution is -1.95. The van der Waals surface area contributed by atoms with E-state index >= 15 is 0 Å². The predicted octanol–water partition coefficient (Wildman–Crippen LogP) is 13.6. The maximum Gasteiger partial charge on any atom is 0.160 e. The van der Waals surface area contributed by atoms with Crippen molar-refractivity contribution in [2.45, 2.75) is 0 Å². The summed E-state index contributed by atoms with van der Waals surface area (Å²) in [6.45, 7) is 0. The summed E-state index contributed by atoms with van der Waals surface area (Å²) in [7, 11) is 0. The van der Waals surface area contributed by atoms with E-state index in [1.807, 2.05) is 30.3 Å². The first-order valence-electron chi connectivity index (χ1n) is 18.0. The van der Waals surface area contributed by atoms with E-state index in [0.29, 0.717) is 5.82 Å². The number of fused-ring (bicyclic) bond motifs is 7. The molecule has 4 nitrogen and oxygen atoms in total. The Morgan fingerprint density at radius 2 is 1.00 bits per heavy atom. The van der Waals surface area contributed by atoms with E-state index in [1.165, 1.54) is 5.39 Å². The second-order valence-electron chi connectivity index (χ2n) is 13.5. The van der Waals surface area contributed by atoms with Crippen LogP contribution in [0.2, 0.25) is 0 Å². The molecule has 0 unspecified atom stereocenters. The quantitative estimate of drug-likeness (QED) is 0.179. The Balaban J connectivity index is 1.18. The molecule has 0 aliphatic carbocycles. The average molecular weight is 708 g/mol.